The Labute approximate surface area is 128 Å². The second-order valence-electron chi connectivity index (χ2n) is 5.86. The lowest BCUT2D eigenvalue weighted by atomic mass is 9.89. The highest BCUT2D eigenvalue weighted by Gasteiger charge is 2.22. The van der Waals surface area contributed by atoms with Gasteiger partial charge in [0.15, 0.2) is 0 Å². The highest BCUT2D eigenvalue weighted by Crippen LogP contribution is 2.21. The summed E-state index contributed by atoms with van der Waals surface area (Å²) >= 11 is 0. The second kappa shape index (κ2) is 7.39. The molecule has 0 aliphatic carbocycles. The largest absolute Gasteiger partial charge is 0.326 e. The maximum atomic E-state index is 6.46. The van der Waals surface area contributed by atoms with Gasteiger partial charge in [0.05, 0.1) is 0 Å². The molecule has 0 saturated carbocycles. The first-order chi connectivity index (χ1) is 10.1. The standard InChI is InChI=1S/C19H26N2/c1-14(17-10-6-4-7-11-17)19(20)16(3)21-15(2)18-12-8-5-9-13-18/h4-16,19,21H,20H2,1-3H3. The summed E-state index contributed by atoms with van der Waals surface area (Å²) < 4.78 is 0. The minimum absolute atomic E-state index is 0.0820. The van der Waals surface area contributed by atoms with Crippen LogP contribution in [0.15, 0.2) is 60.7 Å². The Hall–Kier alpha value is -1.64. The molecule has 112 valence electrons. The molecule has 21 heavy (non-hydrogen) atoms. The minimum atomic E-state index is 0.0820. The van der Waals surface area contributed by atoms with E-state index in [-0.39, 0.29) is 12.1 Å². The van der Waals surface area contributed by atoms with Gasteiger partial charge >= 0.3 is 0 Å². The minimum Gasteiger partial charge on any atom is -0.326 e. The predicted molar refractivity (Wildman–Crippen MR) is 90.3 cm³/mol. The molecule has 0 radical (unpaired) electrons. The topological polar surface area (TPSA) is 38.0 Å². The van der Waals surface area contributed by atoms with Crippen molar-refractivity contribution in [1.82, 2.24) is 5.32 Å². The number of rotatable bonds is 6. The van der Waals surface area contributed by atoms with Crippen molar-refractivity contribution < 1.29 is 0 Å². The van der Waals surface area contributed by atoms with Crippen molar-refractivity contribution in [3.63, 3.8) is 0 Å². The summed E-state index contributed by atoms with van der Waals surface area (Å²) in [5, 5.41) is 3.62. The molecule has 2 heteroatoms. The molecule has 3 N–H and O–H groups in total. The van der Waals surface area contributed by atoms with Gasteiger partial charge in [-0.15, -0.1) is 0 Å². The van der Waals surface area contributed by atoms with Crippen LogP contribution in [0.5, 0.6) is 0 Å². The molecular weight excluding hydrogens is 256 g/mol. The Kier molecular flexibility index (Phi) is 5.54. The fourth-order valence-electron chi connectivity index (χ4n) is 2.76. The summed E-state index contributed by atoms with van der Waals surface area (Å²) in [5.41, 5.74) is 9.05. The maximum absolute atomic E-state index is 6.46. The summed E-state index contributed by atoms with van der Waals surface area (Å²) in [6.07, 6.45) is 0. The van der Waals surface area contributed by atoms with Gasteiger partial charge in [-0.1, -0.05) is 67.6 Å². The lowest BCUT2D eigenvalue weighted by Gasteiger charge is -2.30. The number of benzene rings is 2. The first-order valence-corrected chi connectivity index (χ1v) is 7.71. The van der Waals surface area contributed by atoms with Crippen LogP contribution in [0.1, 0.15) is 43.9 Å². The molecule has 0 bridgehead atoms. The molecule has 0 aromatic heterocycles. The van der Waals surface area contributed by atoms with Crippen molar-refractivity contribution in [3.8, 4) is 0 Å². The van der Waals surface area contributed by atoms with Crippen LogP contribution in [0.2, 0.25) is 0 Å². The molecule has 2 nitrogen and oxygen atoms in total. The molecule has 0 aliphatic rings. The van der Waals surface area contributed by atoms with Crippen molar-refractivity contribution in [3.05, 3.63) is 71.8 Å². The fourth-order valence-corrected chi connectivity index (χ4v) is 2.76. The zero-order valence-electron chi connectivity index (χ0n) is 13.2. The van der Waals surface area contributed by atoms with Crippen molar-refractivity contribution >= 4 is 0 Å². The van der Waals surface area contributed by atoms with E-state index in [4.69, 9.17) is 5.73 Å². The van der Waals surface area contributed by atoms with Gasteiger partial charge in [0, 0.05) is 18.1 Å². The first kappa shape index (κ1) is 15.7. The molecule has 4 unspecified atom stereocenters. The Morgan fingerprint density at radius 3 is 1.76 bits per heavy atom. The van der Waals surface area contributed by atoms with E-state index in [1.165, 1.54) is 11.1 Å². The average molecular weight is 282 g/mol. The monoisotopic (exact) mass is 282 g/mol. The van der Waals surface area contributed by atoms with E-state index in [9.17, 15) is 0 Å². The zero-order chi connectivity index (χ0) is 15.2. The molecule has 2 aromatic rings. The second-order valence-corrected chi connectivity index (χ2v) is 5.86. The van der Waals surface area contributed by atoms with Gasteiger partial charge in [-0.3, -0.25) is 0 Å². The van der Waals surface area contributed by atoms with Crippen LogP contribution < -0.4 is 11.1 Å². The molecule has 0 spiro atoms. The lowest BCUT2D eigenvalue weighted by Crippen LogP contribution is -2.46. The van der Waals surface area contributed by atoms with E-state index in [0.717, 1.165) is 0 Å². The molecule has 2 rings (SSSR count). The van der Waals surface area contributed by atoms with Crippen LogP contribution in [-0.4, -0.2) is 12.1 Å². The number of hydrogen-bond acceptors (Lipinski definition) is 2. The van der Waals surface area contributed by atoms with Gasteiger partial charge in [-0.2, -0.15) is 0 Å². The highest BCUT2D eigenvalue weighted by molar-refractivity contribution is 5.22. The third-order valence-electron chi connectivity index (χ3n) is 4.29. The van der Waals surface area contributed by atoms with Gasteiger partial charge in [0.1, 0.15) is 0 Å². The third kappa shape index (κ3) is 4.16. The van der Waals surface area contributed by atoms with Crippen LogP contribution in [0.4, 0.5) is 0 Å². The molecule has 2 aromatic carbocycles. The summed E-state index contributed by atoms with van der Waals surface area (Å²) in [6, 6.07) is 21.6. The molecule has 4 atom stereocenters. The van der Waals surface area contributed by atoms with Gasteiger partial charge in [-0.05, 0) is 30.9 Å². The van der Waals surface area contributed by atoms with Crippen molar-refractivity contribution in [1.29, 1.82) is 0 Å². The number of hydrogen-bond donors (Lipinski definition) is 2. The van der Waals surface area contributed by atoms with E-state index < -0.39 is 0 Å². The summed E-state index contributed by atoms with van der Waals surface area (Å²) in [6.45, 7) is 6.56. The van der Waals surface area contributed by atoms with Gasteiger partial charge in [0.25, 0.3) is 0 Å². The molecular formula is C19H26N2. The van der Waals surface area contributed by atoms with E-state index in [0.29, 0.717) is 12.0 Å². The Balaban J connectivity index is 1.98. The molecule has 0 heterocycles. The van der Waals surface area contributed by atoms with Crippen LogP contribution in [0.3, 0.4) is 0 Å². The maximum Gasteiger partial charge on any atom is 0.0294 e. The van der Waals surface area contributed by atoms with E-state index in [1.54, 1.807) is 0 Å². The lowest BCUT2D eigenvalue weighted by molar-refractivity contribution is 0.382. The average Bonchev–Trinajstić information content (AvgIpc) is 2.55. The Bertz CT molecular complexity index is 524. The summed E-state index contributed by atoms with van der Waals surface area (Å²) in [7, 11) is 0. The SMILES string of the molecule is CC(NC(C)C(N)C(C)c1ccccc1)c1ccccc1. The van der Waals surface area contributed by atoms with Gasteiger partial charge < -0.3 is 11.1 Å². The van der Waals surface area contributed by atoms with Crippen molar-refractivity contribution in [2.75, 3.05) is 0 Å². The Morgan fingerprint density at radius 1 is 0.762 bits per heavy atom. The van der Waals surface area contributed by atoms with Crippen molar-refractivity contribution in [2.24, 2.45) is 5.73 Å². The first-order valence-electron chi connectivity index (χ1n) is 7.71. The molecule has 0 saturated heterocycles. The quantitative estimate of drug-likeness (QED) is 0.844. The molecule has 0 aliphatic heterocycles. The normalized spacial score (nSPS) is 17.0. The number of nitrogens with one attached hydrogen (secondary N) is 1. The highest BCUT2D eigenvalue weighted by atomic mass is 15.0. The fraction of sp³-hybridized carbons (Fsp3) is 0.368. The van der Waals surface area contributed by atoms with Crippen LogP contribution in [-0.2, 0) is 0 Å². The van der Waals surface area contributed by atoms with Crippen LogP contribution in [0, 0.1) is 0 Å². The Morgan fingerprint density at radius 2 is 1.24 bits per heavy atom. The van der Waals surface area contributed by atoms with E-state index in [2.05, 4.69) is 74.6 Å². The van der Waals surface area contributed by atoms with Crippen molar-refractivity contribution in [2.45, 2.75) is 44.8 Å². The van der Waals surface area contributed by atoms with Gasteiger partial charge in [0.2, 0.25) is 0 Å². The van der Waals surface area contributed by atoms with E-state index in [1.807, 2.05) is 12.1 Å². The number of nitrogens with two attached hydrogens (primary N) is 1. The smallest absolute Gasteiger partial charge is 0.0294 e. The van der Waals surface area contributed by atoms with Crippen LogP contribution in [0.25, 0.3) is 0 Å². The zero-order valence-corrected chi connectivity index (χ0v) is 13.2. The summed E-state index contributed by atoms with van der Waals surface area (Å²) in [5.74, 6) is 0.330. The summed E-state index contributed by atoms with van der Waals surface area (Å²) in [4.78, 5) is 0. The molecule has 0 amide bonds. The predicted octanol–water partition coefficient (Wildman–Crippen LogP) is 3.86. The molecule has 0 fully saturated rings. The van der Waals surface area contributed by atoms with E-state index >= 15 is 0 Å². The third-order valence-corrected chi connectivity index (χ3v) is 4.29. The van der Waals surface area contributed by atoms with Gasteiger partial charge in [-0.25, -0.2) is 0 Å². The van der Waals surface area contributed by atoms with Crippen LogP contribution >= 0.6 is 0 Å².